The van der Waals surface area contributed by atoms with Crippen LogP contribution in [0.1, 0.15) is 37.3 Å². The van der Waals surface area contributed by atoms with E-state index in [1.165, 1.54) is 0 Å². The topological polar surface area (TPSA) is 79.8 Å². The molecule has 1 heterocycles. The smallest absolute Gasteiger partial charge is 0.264 e. The van der Waals surface area contributed by atoms with Crippen LogP contribution in [0, 0.1) is 6.92 Å². The molecule has 1 aliphatic carbocycles. The lowest BCUT2D eigenvalue weighted by Gasteiger charge is -2.15. The fourth-order valence-corrected chi connectivity index (χ4v) is 2.36. The molecule has 1 aromatic rings. The fraction of sp³-hybridized carbons (Fsp3) is 0.471. The number of carbonyl (C=O) groups excluding carboxylic acids is 2. The SMILES string of the molecule is Cc1ccc(C2=NOC(C(=O)NC(C)C(=O)NC3CC3)C2)cc1. The number of amides is 2. The molecule has 0 saturated heterocycles. The molecule has 2 aliphatic rings. The highest BCUT2D eigenvalue weighted by atomic mass is 16.6. The average Bonchev–Trinajstić information content (AvgIpc) is 3.20. The minimum Gasteiger partial charge on any atom is -0.382 e. The molecule has 2 amide bonds. The van der Waals surface area contributed by atoms with E-state index in [4.69, 9.17) is 4.84 Å². The van der Waals surface area contributed by atoms with Gasteiger partial charge in [0.15, 0.2) is 0 Å². The van der Waals surface area contributed by atoms with Gasteiger partial charge in [0.05, 0.1) is 5.71 Å². The lowest BCUT2D eigenvalue weighted by atomic mass is 10.0. The van der Waals surface area contributed by atoms with E-state index in [0.717, 1.165) is 29.7 Å². The molecule has 0 aromatic heterocycles. The predicted molar refractivity (Wildman–Crippen MR) is 86.0 cm³/mol. The zero-order chi connectivity index (χ0) is 16.4. The van der Waals surface area contributed by atoms with Crippen LogP contribution >= 0.6 is 0 Å². The number of nitrogens with zero attached hydrogens (tertiary/aromatic N) is 1. The molecule has 2 unspecified atom stereocenters. The molecule has 6 heteroatoms. The molecule has 122 valence electrons. The van der Waals surface area contributed by atoms with Crippen LogP contribution in [0.2, 0.25) is 0 Å². The Morgan fingerprint density at radius 2 is 1.96 bits per heavy atom. The third kappa shape index (κ3) is 3.88. The van der Waals surface area contributed by atoms with Crippen molar-refractivity contribution in [1.82, 2.24) is 10.6 Å². The van der Waals surface area contributed by atoms with Gasteiger partial charge in [0.25, 0.3) is 5.91 Å². The Morgan fingerprint density at radius 3 is 2.61 bits per heavy atom. The molecular formula is C17H21N3O3. The zero-order valence-electron chi connectivity index (χ0n) is 13.3. The number of carbonyl (C=O) groups is 2. The molecule has 1 saturated carbocycles. The second-order valence-electron chi connectivity index (χ2n) is 6.22. The summed E-state index contributed by atoms with van der Waals surface area (Å²) in [6, 6.07) is 7.62. The van der Waals surface area contributed by atoms with Crippen molar-refractivity contribution in [2.24, 2.45) is 5.16 Å². The molecule has 3 rings (SSSR count). The van der Waals surface area contributed by atoms with Gasteiger partial charge in [-0.2, -0.15) is 0 Å². The molecular weight excluding hydrogens is 294 g/mol. The quantitative estimate of drug-likeness (QED) is 0.859. The second kappa shape index (κ2) is 6.40. The first-order valence-electron chi connectivity index (χ1n) is 7.93. The van der Waals surface area contributed by atoms with Crippen molar-refractivity contribution >= 4 is 17.5 Å². The molecule has 1 fully saturated rings. The van der Waals surface area contributed by atoms with Crippen LogP contribution in [0.3, 0.4) is 0 Å². The van der Waals surface area contributed by atoms with Crippen LogP contribution in [0.5, 0.6) is 0 Å². The van der Waals surface area contributed by atoms with Crippen LogP contribution < -0.4 is 10.6 Å². The lowest BCUT2D eigenvalue weighted by Crippen LogP contribution is -2.48. The third-order valence-corrected chi connectivity index (χ3v) is 4.02. The van der Waals surface area contributed by atoms with E-state index in [9.17, 15) is 9.59 Å². The van der Waals surface area contributed by atoms with Crippen LogP contribution in [0.4, 0.5) is 0 Å². The molecule has 1 aromatic carbocycles. The van der Waals surface area contributed by atoms with Crippen molar-refractivity contribution < 1.29 is 14.4 Å². The van der Waals surface area contributed by atoms with Crippen molar-refractivity contribution in [3.8, 4) is 0 Å². The Kier molecular flexibility index (Phi) is 4.32. The average molecular weight is 315 g/mol. The summed E-state index contributed by atoms with van der Waals surface area (Å²) in [5.74, 6) is -0.465. The van der Waals surface area contributed by atoms with Gasteiger partial charge in [0, 0.05) is 12.5 Å². The number of hydrogen-bond acceptors (Lipinski definition) is 4. The number of benzene rings is 1. The van der Waals surface area contributed by atoms with Gasteiger partial charge < -0.3 is 15.5 Å². The number of rotatable bonds is 5. The van der Waals surface area contributed by atoms with Crippen molar-refractivity contribution in [3.63, 3.8) is 0 Å². The highest BCUT2D eigenvalue weighted by Crippen LogP contribution is 2.19. The minimum absolute atomic E-state index is 0.154. The van der Waals surface area contributed by atoms with Crippen LogP contribution in [-0.2, 0) is 14.4 Å². The highest BCUT2D eigenvalue weighted by molar-refractivity contribution is 6.04. The van der Waals surface area contributed by atoms with Crippen LogP contribution in [0.15, 0.2) is 29.4 Å². The third-order valence-electron chi connectivity index (χ3n) is 4.02. The van der Waals surface area contributed by atoms with Crippen molar-refractivity contribution in [2.45, 2.75) is 51.3 Å². The molecule has 0 bridgehead atoms. The van der Waals surface area contributed by atoms with Crippen molar-refractivity contribution in [2.75, 3.05) is 0 Å². The lowest BCUT2D eigenvalue weighted by molar-refractivity contribution is -0.135. The van der Waals surface area contributed by atoms with Crippen LogP contribution in [0.25, 0.3) is 0 Å². The summed E-state index contributed by atoms with van der Waals surface area (Å²) in [5, 5.41) is 9.56. The summed E-state index contributed by atoms with van der Waals surface area (Å²) < 4.78 is 0. The van der Waals surface area contributed by atoms with Gasteiger partial charge in [-0.05, 0) is 32.3 Å². The van der Waals surface area contributed by atoms with E-state index in [0.29, 0.717) is 6.42 Å². The monoisotopic (exact) mass is 315 g/mol. The van der Waals surface area contributed by atoms with Gasteiger partial charge in [0.2, 0.25) is 12.0 Å². The Morgan fingerprint density at radius 1 is 1.26 bits per heavy atom. The maximum Gasteiger partial charge on any atom is 0.264 e. The van der Waals surface area contributed by atoms with Crippen molar-refractivity contribution in [1.29, 1.82) is 0 Å². The molecule has 0 spiro atoms. The summed E-state index contributed by atoms with van der Waals surface area (Å²) in [7, 11) is 0. The molecule has 23 heavy (non-hydrogen) atoms. The first-order valence-corrected chi connectivity index (χ1v) is 7.93. The zero-order valence-corrected chi connectivity index (χ0v) is 13.3. The number of hydrogen-bond donors (Lipinski definition) is 2. The summed E-state index contributed by atoms with van der Waals surface area (Å²) in [6.07, 6.45) is 1.77. The van der Waals surface area contributed by atoms with Gasteiger partial charge in [-0.3, -0.25) is 9.59 Å². The molecule has 0 radical (unpaired) electrons. The summed E-state index contributed by atoms with van der Waals surface area (Å²) in [4.78, 5) is 29.3. The van der Waals surface area contributed by atoms with Crippen molar-refractivity contribution in [3.05, 3.63) is 35.4 Å². The maximum atomic E-state index is 12.2. The Bertz CT molecular complexity index is 635. The van der Waals surface area contributed by atoms with Gasteiger partial charge in [0.1, 0.15) is 6.04 Å². The summed E-state index contributed by atoms with van der Waals surface area (Å²) in [6.45, 7) is 3.69. The van der Waals surface area contributed by atoms with E-state index in [1.54, 1.807) is 6.92 Å². The predicted octanol–water partition coefficient (Wildman–Crippen LogP) is 1.27. The van der Waals surface area contributed by atoms with E-state index in [-0.39, 0.29) is 17.9 Å². The number of nitrogens with one attached hydrogen (secondary N) is 2. The van der Waals surface area contributed by atoms with Gasteiger partial charge in [-0.25, -0.2) is 0 Å². The van der Waals surface area contributed by atoms with E-state index in [2.05, 4.69) is 15.8 Å². The number of oxime groups is 1. The van der Waals surface area contributed by atoms with Gasteiger partial charge in [-0.15, -0.1) is 0 Å². The van der Waals surface area contributed by atoms with E-state index >= 15 is 0 Å². The Labute approximate surface area is 135 Å². The molecule has 2 atom stereocenters. The molecule has 2 N–H and O–H groups in total. The molecule has 6 nitrogen and oxygen atoms in total. The highest BCUT2D eigenvalue weighted by Gasteiger charge is 2.32. The first kappa shape index (κ1) is 15.5. The van der Waals surface area contributed by atoms with E-state index < -0.39 is 12.1 Å². The molecule has 1 aliphatic heterocycles. The second-order valence-corrected chi connectivity index (χ2v) is 6.22. The fourth-order valence-electron chi connectivity index (χ4n) is 2.36. The van der Waals surface area contributed by atoms with E-state index in [1.807, 2.05) is 31.2 Å². The summed E-state index contributed by atoms with van der Waals surface area (Å²) in [5.41, 5.74) is 2.86. The first-order chi connectivity index (χ1) is 11.0. The largest absolute Gasteiger partial charge is 0.382 e. The maximum absolute atomic E-state index is 12.2. The summed E-state index contributed by atoms with van der Waals surface area (Å²) >= 11 is 0. The Hall–Kier alpha value is -2.37. The minimum atomic E-state index is -0.678. The normalized spacial score (nSPS) is 21.1. The van der Waals surface area contributed by atoms with Gasteiger partial charge in [-0.1, -0.05) is 35.0 Å². The number of aryl methyl sites for hydroxylation is 1. The Balaban J connectivity index is 1.51. The van der Waals surface area contributed by atoms with Gasteiger partial charge >= 0.3 is 0 Å². The standard InChI is InChI=1S/C17H21N3O3/c1-10-3-5-12(6-4-10)14-9-15(23-20-14)17(22)18-11(2)16(21)19-13-7-8-13/h3-6,11,13,15H,7-9H2,1-2H3,(H,18,22)(H,19,21). The van der Waals surface area contributed by atoms with Crippen LogP contribution in [-0.4, -0.2) is 35.7 Å².